The number of aromatic nitrogens is 1. The Hall–Kier alpha value is -1.62. The first kappa shape index (κ1) is 14.8. The molecule has 1 aliphatic heterocycles. The summed E-state index contributed by atoms with van der Waals surface area (Å²) in [6.07, 6.45) is 3.41. The molecule has 1 aromatic rings. The van der Waals surface area contributed by atoms with Gasteiger partial charge in [-0.05, 0) is 45.2 Å². The van der Waals surface area contributed by atoms with Crippen LogP contribution in [-0.4, -0.2) is 40.0 Å². The van der Waals surface area contributed by atoms with Crippen molar-refractivity contribution in [2.24, 2.45) is 0 Å². The summed E-state index contributed by atoms with van der Waals surface area (Å²) in [5.74, 6) is 0.303. The van der Waals surface area contributed by atoms with Crippen LogP contribution >= 0.6 is 0 Å². The number of carbonyl (C=O) groups is 1. The molecule has 0 radical (unpaired) electrons. The fraction of sp³-hybridized carbons (Fsp3) is 0.600. The standard InChI is InChI=1S/C15H23N3O2/c1-11-6-7-14(19)13(17-11)10-16-12(2)15(20)18-8-4-3-5-9-18/h6-7,12,16,19H,3-5,8-10H2,1-2H3. The molecule has 110 valence electrons. The molecule has 0 bridgehead atoms. The number of pyridine rings is 1. The summed E-state index contributed by atoms with van der Waals surface area (Å²) in [6, 6.07) is 3.15. The van der Waals surface area contributed by atoms with E-state index in [1.54, 1.807) is 12.1 Å². The van der Waals surface area contributed by atoms with Crippen molar-refractivity contribution in [3.63, 3.8) is 0 Å². The molecule has 2 rings (SSSR count). The Labute approximate surface area is 120 Å². The minimum absolute atomic E-state index is 0.136. The molecule has 1 unspecified atom stereocenters. The summed E-state index contributed by atoms with van der Waals surface area (Å²) < 4.78 is 0. The van der Waals surface area contributed by atoms with E-state index >= 15 is 0 Å². The monoisotopic (exact) mass is 277 g/mol. The SMILES string of the molecule is Cc1ccc(O)c(CNC(C)C(=O)N2CCCCC2)n1. The molecule has 2 heterocycles. The predicted molar refractivity (Wildman–Crippen MR) is 77.4 cm³/mol. The van der Waals surface area contributed by atoms with Crippen LogP contribution in [0.3, 0.4) is 0 Å². The first-order chi connectivity index (χ1) is 9.58. The molecule has 5 heteroatoms. The Balaban J connectivity index is 1.89. The summed E-state index contributed by atoms with van der Waals surface area (Å²) in [5, 5.41) is 12.9. The average Bonchev–Trinajstić information content (AvgIpc) is 2.48. The van der Waals surface area contributed by atoms with Crippen LogP contribution in [0.4, 0.5) is 0 Å². The van der Waals surface area contributed by atoms with E-state index in [0.29, 0.717) is 12.2 Å². The summed E-state index contributed by atoms with van der Waals surface area (Å²) in [7, 11) is 0. The number of piperidine rings is 1. The Morgan fingerprint density at radius 3 is 2.80 bits per heavy atom. The highest BCUT2D eigenvalue weighted by Crippen LogP contribution is 2.15. The number of likely N-dealkylation sites (tertiary alicyclic amines) is 1. The summed E-state index contributed by atoms with van der Waals surface area (Å²) in [6.45, 7) is 5.86. The van der Waals surface area contributed by atoms with Crippen LogP contribution in [-0.2, 0) is 11.3 Å². The lowest BCUT2D eigenvalue weighted by Gasteiger charge is -2.29. The van der Waals surface area contributed by atoms with Gasteiger partial charge in [0, 0.05) is 25.3 Å². The Morgan fingerprint density at radius 2 is 2.10 bits per heavy atom. The second kappa shape index (κ2) is 6.70. The van der Waals surface area contributed by atoms with Crippen molar-refractivity contribution in [1.29, 1.82) is 0 Å². The molecule has 2 N–H and O–H groups in total. The number of aryl methyl sites for hydroxylation is 1. The van der Waals surface area contributed by atoms with Gasteiger partial charge in [0.05, 0.1) is 11.7 Å². The second-order valence-corrected chi connectivity index (χ2v) is 5.41. The number of hydrogen-bond donors (Lipinski definition) is 2. The van der Waals surface area contributed by atoms with Gasteiger partial charge in [-0.1, -0.05) is 0 Å². The Bertz CT molecular complexity index is 470. The van der Waals surface area contributed by atoms with Gasteiger partial charge in [0.25, 0.3) is 0 Å². The quantitative estimate of drug-likeness (QED) is 0.877. The fourth-order valence-corrected chi connectivity index (χ4v) is 2.46. The zero-order chi connectivity index (χ0) is 14.5. The van der Waals surface area contributed by atoms with Crippen LogP contribution in [0.1, 0.15) is 37.6 Å². The highest BCUT2D eigenvalue weighted by atomic mass is 16.3. The predicted octanol–water partition coefficient (Wildman–Crippen LogP) is 1.59. The number of aromatic hydroxyl groups is 1. The van der Waals surface area contributed by atoms with Crippen LogP contribution in [0, 0.1) is 6.92 Å². The third kappa shape index (κ3) is 3.70. The number of carbonyl (C=O) groups excluding carboxylic acids is 1. The lowest BCUT2D eigenvalue weighted by atomic mass is 10.1. The maximum Gasteiger partial charge on any atom is 0.239 e. The van der Waals surface area contributed by atoms with Crippen LogP contribution in [0.25, 0.3) is 0 Å². The number of hydrogen-bond acceptors (Lipinski definition) is 4. The zero-order valence-corrected chi connectivity index (χ0v) is 12.2. The van der Waals surface area contributed by atoms with E-state index in [-0.39, 0.29) is 17.7 Å². The maximum atomic E-state index is 12.3. The molecule has 1 saturated heterocycles. The van der Waals surface area contributed by atoms with E-state index in [1.807, 2.05) is 18.7 Å². The van der Waals surface area contributed by atoms with Gasteiger partial charge >= 0.3 is 0 Å². The molecule has 20 heavy (non-hydrogen) atoms. The van der Waals surface area contributed by atoms with Crippen LogP contribution in [0.15, 0.2) is 12.1 Å². The lowest BCUT2D eigenvalue weighted by Crippen LogP contribution is -2.46. The molecule has 0 saturated carbocycles. The van der Waals surface area contributed by atoms with Gasteiger partial charge in [0.1, 0.15) is 5.75 Å². The van der Waals surface area contributed by atoms with Gasteiger partial charge in [0.15, 0.2) is 0 Å². The van der Waals surface area contributed by atoms with E-state index in [4.69, 9.17) is 0 Å². The highest BCUT2D eigenvalue weighted by Gasteiger charge is 2.21. The van der Waals surface area contributed by atoms with Crippen molar-refractivity contribution >= 4 is 5.91 Å². The molecular formula is C15H23N3O2. The Kier molecular flexibility index (Phi) is 4.95. The first-order valence-electron chi connectivity index (χ1n) is 7.25. The minimum atomic E-state index is -0.255. The zero-order valence-electron chi connectivity index (χ0n) is 12.2. The smallest absolute Gasteiger partial charge is 0.239 e. The third-order valence-corrected chi connectivity index (χ3v) is 3.70. The van der Waals surface area contributed by atoms with Crippen LogP contribution in [0.2, 0.25) is 0 Å². The van der Waals surface area contributed by atoms with E-state index in [0.717, 1.165) is 31.6 Å². The Morgan fingerprint density at radius 1 is 1.40 bits per heavy atom. The van der Waals surface area contributed by atoms with Crippen molar-refractivity contribution in [3.8, 4) is 5.75 Å². The van der Waals surface area contributed by atoms with Crippen LogP contribution in [0.5, 0.6) is 5.75 Å². The molecule has 0 aromatic carbocycles. The van der Waals surface area contributed by atoms with Gasteiger partial charge in [0.2, 0.25) is 5.91 Å². The number of amides is 1. The van der Waals surface area contributed by atoms with E-state index in [1.165, 1.54) is 6.42 Å². The minimum Gasteiger partial charge on any atom is -0.506 e. The molecule has 0 spiro atoms. The highest BCUT2D eigenvalue weighted by molar-refractivity contribution is 5.81. The molecule has 1 amide bonds. The molecule has 1 fully saturated rings. The van der Waals surface area contributed by atoms with Gasteiger partial charge in [-0.15, -0.1) is 0 Å². The third-order valence-electron chi connectivity index (χ3n) is 3.70. The van der Waals surface area contributed by atoms with Crippen molar-refractivity contribution in [2.75, 3.05) is 13.1 Å². The van der Waals surface area contributed by atoms with E-state index < -0.39 is 0 Å². The van der Waals surface area contributed by atoms with Gasteiger partial charge in [-0.3, -0.25) is 9.78 Å². The molecule has 1 aromatic heterocycles. The number of nitrogens with zero attached hydrogens (tertiary/aromatic N) is 2. The normalized spacial score (nSPS) is 17.0. The van der Waals surface area contributed by atoms with Gasteiger partial charge in [-0.2, -0.15) is 0 Å². The van der Waals surface area contributed by atoms with E-state index in [9.17, 15) is 9.90 Å². The van der Waals surface area contributed by atoms with Crippen molar-refractivity contribution in [1.82, 2.24) is 15.2 Å². The largest absolute Gasteiger partial charge is 0.506 e. The van der Waals surface area contributed by atoms with Crippen molar-refractivity contribution < 1.29 is 9.90 Å². The van der Waals surface area contributed by atoms with Crippen molar-refractivity contribution in [3.05, 3.63) is 23.5 Å². The molecule has 1 aliphatic rings. The van der Waals surface area contributed by atoms with Gasteiger partial charge in [-0.25, -0.2) is 0 Å². The topological polar surface area (TPSA) is 65.5 Å². The summed E-state index contributed by atoms with van der Waals surface area (Å²) >= 11 is 0. The molecular weight excluding hydrogens is 254 g/mol. The van der Waals surface area contributed by atoms with E-state index in [2.05, 4.69) is 10.3 Å². The maximum absolute atomic E-state index is 12.3. The molecule has 5 nitrogen and oxygen atoms in total. The van der Waals surface area contributed by atoms with Gasteiger partial charge < -0.3 is 15.3 Å². The second-order valence-electron chi connectivity index (χ2n) is 5.41. The summed E-state index contributed by atoms with van der Waals surface area (Å²) in [5.41, 5.74) is 1.44. The molecule has 1 atom stereocenters. The lowest BCUT2D eigenvalue weighted by molar-refractivity contribution is -0.133. The van der Waals surface area contributed by atoms with Crippen LogP contribution < -0.4 is 5.32 Å². The molecule has 0 aliphatic carbocycles. The van der Waals surface area contributed by atoms with Crippen molar-refractivity contribution in [2.45, 2.75) is 45.7 Å². The number of rotatable bonds is 4. The fourth-order valence-electron chi connectivity index (χ4n) is 2.46. The average molecular weight is 277 g/mol. The number of nitrogens with one attached hydrogen (secondary N) is 1. The first-order valence-corrected chi connectivity index (χ1v) is 7.25. The summed E-state index contributed by atoms with van der Waals surface area (Å²) in [4.78, 5) is 18.5.